The third kappa shape index (κ3) is 3.71. The Morgan fingerprint density at radius 1 is 1.35 bits per heavy atom. The van der Waals surface area contributed by atoms with Gasteiger partial charge in [-0.3, -0.25) is 9.78 Å². The Labute approximate surface area is 121 Å². The van der Waals surface area contributed by atoms with Crippen LogP contribution in [-0.2, 0) is 0 Å². The van der Waals surface area contributed by atoms with Crippen molar-refractivity contribution < 1.29 is 4.79 Å². The molecule has 1 aromatic heterocycles. The smallest absolute Gasteiger partial charge is 0.255 e. The lowest BCUT2D eigenvalue weighted by molar-refractivity contribution is 0.0883. The van der Waals surface area contributed by atoms with E-state index in [0.717, 1.165) is 31.5 Å². The molecule has 2 rings (SSSR count). The summed E-state index contributed by atoms with van der Waals surface area (Å²) in [5, 5.41) is 6.50. The Balaban J connectivity index is 2.08. The zero-order valence-corrected chi connectivity index (χ0v) is 12.5. The van der Waals surface area contributed by atoms with E-state index in [0.29, 0.717) is 5.56 Å². The molecular weight excluding hydrogens is 250 g/mol. The predicted molar refractivity (Wildman–Crippen MR) is 82.0 cm³/mol. The van der Waals surface area contributed by atoms with Crippen LogP contribution < -0.4 is 10.6 Å². The zero-order chi connectivity index (χ0) is 14.4. The van der Waals surface area contributed by atoms with Crippen LogP contribution in [0.2, 0.25) is 0 Å². The standard InChI is InChI=1S/C16H25N3O/c1-3-10-18-14-7-11-17-12-13(14)15(20)19-16(2)8-5-4-6-9-16/h7,11-12H,3-6,8-10H2,1-2H3,(H,17,18)(H,19,20). The fourth-order valence-electron chi connectivity index (χ4n) is 2.79. The van der Waals surface area contributed by atoms with E-state index in [1.165, 1.54) is 19.3 Å². The van der Waals surface area contributed by atoms with Crippen molar-refractivity contribution in [2.75, 3.05) is 11.9 Å². The largest absolute Gasteiger partial charge is 0.384 e. The first-order valence-corrected chi connectivity index (χ1v) is 7.65. The summed E-state index contributed by atoms with van der Waals surface area (Å²) in [4.78, 5) is 16.6. The van der Waals surface area contributed by atoms with Gasteiger partial charge in [-0.15, -0.1) is 0 Å². The number of aromatic nitrogens is 1. The molecule has 0 saturated heterocycles. The quantitative estimate of drug-likeness (QED) is 0.866. The number of nitrogens with one attached hydrogen (secondary N) is 2. The molecule has 1 saturated carbocycles. The summed E-state index contributed by atoms with van der Waals surface area (Å²) < 4.78 is 0. The fraction of sp³-hybridized carbons (Fsp3) is 0.625. The molecule has 1 aromatic rings. The van der Waals surface area contributed by atoms with Crippen LogP contribution in [0.3, 0.4) is 0 Å². The van der Waals surface area contributed by atoms with Crippen molar-refractivity contribution in [3.63, 3.8) is 0 Å². The average molecular weight is 275 g/mol. The van der Waals surface area contributed by atoms with Gasteiger partial charge in [0.1, 0.15) is 0 Å². The van der Waals surface area contributed by atoms with Crippen molar-refractivity contribution >= 4 is 11.6 Å². The van der Waals surface area contributed by atoms with Crippen molar-refractivity contribution in [2.45, 2.75) is 57.9 Å². The molecular formula is C16H25N3O. The maximum absolute atomic E-state index is 12.5. The van der Waals surface area contributed by atoms with Crippen LogP contribution in [0.15, 0.2) is 18.5 Å². The molecule has 0 spiro atoms. The lowest BCUT2D eigenvalue weighted by Crippen LogP contribution is -2.47. The number of hydrogen-bond donors (Lipinski definition) is 2. The summed E-state index contributed by atoms with van der Waals surface area (Å²) in [6.07, 6.45) is 10.2. The van der Waals surface area contributed by atoms with E-state index in [1.54, 1.807) is 12.4 Å². The van der Waals surface area contributed by atoms with Crippen molar-refractivity contribution in [3.05, 3.63) is 24.0 Å². The molecule has 0 bridgehead atoms. The highest BCUT2D eigenvalue weighted by molar-refractivity contribution is 5.99. The van der Waals surface area contributed by atoms with Gasteiger partial charge in [0.25, 0.3) is 5.91 Å². The molecule has 0 unspecified atom stereocenters. The summed E-state index contributed by atoms with van der Waals surface area (Å²) in [6.45, 7) is 5.12. The molecule has 1 aliphatic carbocycles. The number of rotatable bonds is 5. The van der Waals surface area contributed by atoms with E-state index in [1.807, 2.05) is 6.07 Å². The van der Waals surface area contributed by atoms with Gasteiger partial charge in [0.2, 0.25) is 0 Å². The fourth-order valence-corrected chi connectivity index (χ4v) is 2.79. The lowest BCUT2D eigenvalue weighted by Gasteiger charge is -2.34. The van der Waals surface area contributed by atoms with Crippen LogP contribution in [0.25, 0.3) is 0 Å². The molecule has 110 valence electrons. The van der Waals surface area contributed by atoms with Crippen LogP contribution in [0.5, 0.6) is 0 Å². The summed E-state index contributed by atoms with van der Waals surface area (Å²) in [5.41, 5.74) is 1.46. The van der Waals surface area contributed by atoms with E-state index in [2.05, 4.69) is 29.5 Å². The highest BCUT2D eigenvalue weighted by Crippen LogP contribution is 2.28. The van der Waals surface area contributed by atoms with Gasteiger partial charge >= 0.3 is 0 Å². The normalized spacial score (nSPS) is 17.5. The molecule has 1 aliphatic rings. The van der Waals surface area contributed by atoms with Gasteiger partial charge in [0, 0.05) is 24.5 Å². The second kappa shape index (κ2) is 6.73. The number of nitrogens with zero attached hydrogens (tertiary/aromatic N) is 1. The Kier molecular flexibility index (Phi) is 4.99. The molecule has 0 aliphatic heterocycles. The van der Waals surface area contributed by atoms with Gasteiger partial charge in [-0.1, -0.05) is 26.2 Å². The number of anilines is 1. The number of hydrogen-bond acceptors (Lipinski definition) is 3. The van der Waals surface area contributed by atoms with Crippen LogP contribution >= 0.6 is 0 Å². The van der Waals surface area contributed by atoms with E-state index >= 15 is 0 Å². The van der Waals surface area contributed by atoms with E-state index < -0.39 is 0 Å². The summed E-state index contributed by atoms with van der Waals surface area (Å²) >= 11 is 0. The Morgan fingerprint density at radius 3 is 2.80 bits per heavy atom. The lowest BCUT2D eigenvalue weighted by atomic mass is 9.83. The van der Waals surface area contributed by atoms with Gasteiger partial charge in [0.05, 0.1) is 11.3 Å². The maximum Gasteiger partial charge on any atom is 0.255 e. The Morgan fingerprint density at radius 2 is 2.10 bits per heavy atom. The molecule has 0 aromatic carbocycles. The summed E-state index contributed by atoms with van der Waals surface area (Å²) in [7, 11) is 0. The Bertz CT molecular complexity index is 453. The van der Waals surface area contributed by atoms with Crippen LogP contribution in [0.4, 0.5) is 5.69 Å². The van der Waals surface area contributed by atoms with Crippen molar-refractivity contribution in [3.8, 4) is 0 Å². The first-order valence-electron chi connectivity index (χ1n) is 7.65. The van der Waals surface area contributed by atoms with Gasteiger partial charge in [-0.05, 0) is 32.3 Å². The number of carbonyl (C=O) groups is 1. The highest BCUT2D eigenvalue weighted by Gasteiger charge is 2.29. The second-order valence-electron chi connectivity index (χ2n) is 5.92. The molecule has 0 atom stereocenters. The summed E-state index contributed by atoms with van der Waals surface area (Å²) in [6, 6.07) is 1.87. The maximum atomic E-state index is 12.5. The molecule has 0 radical (unpaired) electrons. The topological polar surface area (TPSA) is 54.0 Å². The molecule has 1 heterocycles. The highest BCUT2D eigenvalue weighted by atomic mass is 16.1. The monoisotopic (exact) mass is 275 g/mol. The number of amides is 1. The number of carbonyl (C=O) groups excluding carboxylic acids is 1. The molecule has 1 amide bonds. The number of pyridine rings is 1. The molecule has 20 heavy (non-hydrogen) atoms. The van der Waals surface area contributed by atoms with Crippen molar-refractivity contribution in [2.24, 2.45) is 0 Å². The van der Waals surface area contributed by atoms with Gasteiger partial charge in [-0.25, -0.2) is 0 Å². The van der Waals surface area contributed by atoms with E-state index in [9.17, 15) is 4.79 Å². The van der Waals surface area contributed by atoms with Crippen molar-refractivity contribution in [1.29, 1.82) is 0 Å². The molecule has 4 heteroatoms. The van der Waals surface area contributed by atoms with Gasteiger partial charge in [0.15, 0.2) is 0 Å². The minimum absolute atomic E-state index is 0.0129. The average Bonchev–Trinajstić information content (AvgIpc) is 2.45. The molecule has 1 fully saturated rings. The van der Waals surface area contributed by atoms with Gasteiger partial charge in [-0.2, -0.15) is 0 Å². The zero-order valence-electron chi connectivity index (χ0n) is 12.5. The van der Waals surface area contributed by atoms with Crippen LogP contribution in [0, 0.1) is 0 Å². The van der Waals surface area contributed by atoms with Crippen LogP contribution in [0.1, 0.15) is 62.7 Å². The van der Waals surface area contributed by atoms with E-state index in [-0.39, 0.29) is 11.4 Å². The summed E-state index contributed by atoms with van der Waals surface area (Å²) in [5.74, 6) is -0.0129. The first kappa shape index (κ1) is 14.8. The van der Waals surface area contributed by atoms with E-state index in [4.69, 9.17) is 0 Å². The molecule has 2 N–H and O–H groups in total. The SMILES string of the molecule is CCCNc1ccncc1C(=O)NC1(C)CCCCC1. The van der Waals surface area contributed by atoms with Crippen LogP contribution in [-0.4, -0.2) is 23.0 Å². The Hall–Kier alpha value is -1.58. The minimum Gasteiger partial charge on any atom is -0.384 e. The third-order valence-electron chi connectivity index (χ3n) is 4.00. The van der Waals surface area contributed by atoms with Crippen molar-refractivity contribution in [1.82, 2.24) is 10.3 Å². The van der Waals surface area contributed by atoms with Gasteiger partial charge < -0.3 is 10.6 Å². The predicted octanol–water partition coefficient (Wildman–Crippen LogP) is 3.36. The molecule has 4 nitrogen and oxygen atoms in total. The third-order valence-corrected chi connectivity index (χ3v) is 4.00. The second-order valence-corrected chi connectivity index (χ2v) is 5.92. The minimum atomic E-state index is -0.0623. The first-order chi connectivity index (χ1) is 9.64.